The predicted octanol–water partition coefficient (Wildman–Crippen LogP) is 3.56. The van der Waals surface area contributed by atoms with Crippen molar-refractivity contribution >= 4 is 0 Å². The maximum atomic E-state index is 12.3. The first-order valence-electron chi connectivity index (χ1n) is 12.8. The summed E-state index contributed by atoms with van der Waals surface area (Å²) < 4.78 is 6.16. The van der Waals surface area contributed by atoms with E-state index in [1.807, 2.05) is 6.07 Å². The number of hydrogen-bond donors (Lipinski definition) is 3. The fraction of sp³-hybridized carbons (Fsp3) is 0.846. The number of nitrogens with two attached hydrogens (primary N) is 1. The average Bonchev–Trinajstić information content (AvgIpc) is 3.02. The number of aliphatic hydroxyl groups is 2. The van der Waals surface area contributed by atoms with Crippen LogP contribution in [0.4, 0.5) is 0 Å². The van der Waals surface area contributed by atoms with Crippen LogP contribution in [-0.2, 0) is 10.3 Å². The summed E-state index contributed by atoms with van der Waals surface area (Å²) in [5.74, 6) is 1.43. The van der Waals surface area contributed by atoms with Crippen LogP contribution in [0.15, 0.2) is 18.5 Å². The molecule has 178 valence electrons. The summed E-state index contributed by atoms with van der Waals surface area (Å²) >= 11 is 0. The Morgan fingerprint density at radius 3 is 2.62 bits per heavy atom. The molecular weight excluding hydrogens is 402 g/mol. The molecule has 0 bridgehead atoms. The maximum absolute atomic E-state index is 12.3. The van der Waals surface area contributed by atoms with E-state index in [-0.39, 0.29) is 11.3 Å². The zero-order valence-electron chi connectivity index (χ0n) is 19.8. The lowest BCUT2D eigenvalue weighted by molar-refractivity contribution is -0.239. The van der Waals surface area contributed by atoms with Gasteiger partial charge in [-0.25, -0.2) is 0 Å². The van der Waals surface area contributed by atoms with Gasteiger partial charge in [0.15, 0.2) is 0 Å². The van der Waals surface area contributed by atoms with Crippen molar-refractivity contribution in [2.45, 2.75) is 95.4 Å². The second-order valence-electron chi connectivity index (χ2n) is 11.7. The van der Waals surface area contributed by atoms with Crippen molar-refractivity contribution < 1.29 is 14.9 Å². The summed E-state index contributed by atoms with van der Waals surface area (Å²) in [6.45, 7) is 6.09. The molecule has 4 aliphatic rings. The average molecular weight is 444 g/mol. The molecule has 1 heterocycles. The first kappa shape index (κ1) is 22.7. The Bertz CT molecular complexity index is 824. The predicted molar refractivity (Wildman–Crippen MR) is 123 cm³/mol. The van der Waals surface area contributed by atoms with Crippen LogP contribution in [-0.4, -0.2) is 45.3 Å². The van der Waals surface area contributed by atoms with Crippen molar-refractivity contribution in [2.24, 2.45) is 34.3 Å². The molecule has 0 amide bonds. The van der Waals surface area contributed by atoms with E-state index in [1.165, 1.54) is 6.42 Å². The van der Waals surface area contributed by atoms with Crippen LogP contribution in [0.1, 0.15) is 83.6 Å². The Morgan fingerprint density at radius 1 is 1.03 bits per heavy atom. The highest BCUT2D eigenvalue weighted by molar-refractivity contribution is 5.30. The molecule has 0 radical (unpaired) electrons. The minimum Gasteiger partial charge on any atom is -0.389 e. The monoisotopic (exact) mass is 443 g/mol. The zero-order valence-corrected chi connectivity index (χ0v) is 19.8. The third kappa shape index (κ3) is 3.05. The number of rotatable bonds is 5. The van der Waals surface area contributed by atoms with Crippen LogP contribution in [0, 0.1) is 28.6 Å². The Kier molecular flexibility index (Phi) is 5.68. The van der Waals surface area contributed by atoms with Crippen molar-refractivity contribution in [2.75, 3.05) is 13.2 Å². The summed E-state index contributed by atoms with van der Waals surface area (Å²) in [7, 11) is 0. The van der Waals surface area contributed by atoms with E-state index < -0.39 is 16.6 Å². The number of fused-ring (bicyclic) bond motifs is 5. The molecule has 0 spiro atoms. The van der Waals surface area contributed by atoms with Crippen LogP contribution >= 0.6 is 0 Å². The van der Waals surface area contributed by atoms with Crippen LogP contribution in [0.5, 0.6) is 0 Å². The molecule has 1 aromatic heterocycles. The Morgan fingerprint density at radius 2 is 1.88 bits per heavy atom. The van der Waals surface area contributed by atoms with E-state index in [0.29, 0.717) is 37.3 Å². The van der Waals surface area contributed by atoms with E-state index in [1.54, 1.807) is 12.4 Å². The minimum absolute atomic E-state index is 0.251. The summed E-state index contributed by atoms with van der Waals surface area (Å²) in [5, 5.41) is 32.2. The molecule has 4 fully saturated rings. The highest BCUT2D eigenvalue weighted by atomic mass is 16.5. The fourth-order valence-corrected chi connectivity index (χ4v) is 8.69. The highest BCUT2D eigenvalue weighted by Crippen LogP contribution is 2.71. The molecule has 4 saturated carbocycles. The van der Waals surface area contributed by atoms with Gasteiger partial charge in [-0.05, 0) is 100.0 Å². The first-order chi connectivity index (χ1) is 15.3. The molecule has 6 nitrogen and oxygen atoms in total. The molecule has 0 aromatic carbocycles. The number of aromatic nitrogens is 2. The molecule has 1 aromatic rings. The van der Waals surface area contributed by atoms with Gasteiger partial charge in [-0.1, -0.05) is 13.8 Å². The molecular formula is C26H41N3O3. The molecule has 4 aliphatic carbocycles. The Hall–Kier alpha value is -1.08. The van der Waals surface area contributed by atoms with Gasteiger partial charge in [-0.2, -0.15) is 10.2 Å². The zero-order chi connectivity index (χ0) is 22.6. The van der Waals surface area contributed by atoms with Crippen molar-refractivity contribution in [3.05, 3.63) is 24.0 Å². The lowest BCUT2D eigenvalue weighted by Gasteiger charge is -2.64. The maximum Gasteiger partial charge on any atom is 0.0994 e. The Labute approximate surface area is 192 Å². The van der Waals surface area contributed by atoms with Crippen LogP contribution in [0.25, 0.3) is 0 Å². The van der Waals surface area contributed by atoms with E-state index in [2.05, 4.69) is 24.0 Å². The number of ether oxygens (including phenoxy) is 1. The van der Waals surface area contributed by atoms with Crippen LogP contribution in [0.3, 0.4) is 0 Å². The van der Waals surface area contributed by atoms with Crippen molar-refractivity contribution in [1.82, 2.24) is 10.2 Å². The number of hydrogen-bond acceptors (Lipinski definition) is 6. The van der Waals surface area contributed by atoms with Crippen LogP contribution < -0.4 is 5.73 Å². The van der Waals surface area contributed by atoms with Gasteiger partial charge in [-0.3, -0.25) is 0 Å². The molecule has 8 atom stereocenters. The quantitative estimate of drug-likeness (QED) is 0.602. The molecule has 5 rings (SSSR count). The standard InChI is InChI=1S/C26H41N3O3/c1-23-9-6-20(32-15-3-13-27)16-18(23)4-5-22-21(23)7-10-24(2)25(30,11-12-26(22,24)31)19-8-14-28-29-17-19/h8,14,17-18,20-22,30-31H,3-7,9-13,15-16,27H2,1-2H3/t18?,20?,21-,22-,23+,24-,25?,26-/m1/s1. The minimum atomic E-state index is -1.05. The lowest BCUT2D eigenvalue weighted by Crippen LogP contribution is -2.64. The van der Waals surface area contributed by atoms with Crippen LogP contribution in [0.2, 0.25) is 0 Å². The van der Waals surface area contributed by atoms with Crippen molar-refractivity contribution in [3.8, 4) is 0 Å². The molecule has 4 N–H and O–H groups in total. The smallest absolute Gasteiger partial charge is 0.0994 e. The van der Waals surface area contributed by atoms with Gasteiger partial charge in [0.05, 0.1) is 23.5 Å². The van der Waals surface area contributed by atoms with Gasteiger partial charge in [0.1, 0.15) is 0 Å². The summed E-state index contributed by atoms with van der Waals surface area (Å²) in [6.07, 6.45) is 13.5. The fourth-order valence-electron chi connectivity index (χ4n) is 8.69. The third-order valence-electron chi connectivity index (χ3n) is 10.7. The second kappa shape index (κ2) is 8.00. The van der Waals surface area contributed by atoms with E-state index in [4.69, 9.17) is 10.5 Å². The second-order valence-corrected chi connectivity index (χ2v) is 11.7. The van der Waals surface area contributed by atoms with E-state index >= 15 is 0 Å². The largest absolute Gasteiger partial charge is 0.389 e. The molecule has 0 saturated heterocycles. The molecule has 3 unspecified atom stereocenters. The number of nitrogens with zero attached hydrogens (tertiary/aromatic N) is 2. The molecule has 0 aliphatic heterocycles. The van der Waals surface area contributed by atoms with Crippen molar-refractivity contribution in [3.63, 3.8) is 0 Å². The topological polar surface area (TPSA) is 101 Å². The van der Waals surface area contributed by atoms with Crippen molar-refractivity contribution in [1.29, 1.82) is 0 Å². The lowest BCUT2D eigenvalue weighted by atomic mass is 9.43. The summed E-state index contributed by atoms with van der Waals surface area (Å²) in [6, 6.07) is 1.88. The molecule has 6 heteroatoms. The summed E-state index contributed by atoms with van der Waals surface area (Å²) in [4.78, 5) is 0. The normalized spacial score (nSPS) is 48.0. The highest BCUT2D eigenvalue weighted by Gasteiger charge is 2.72. The van der Waals surface area contributed by atoms with E-state index in [0.717, 1.165) is 57.1 Å². The van der Waals surface area contributed by atoms with Gasteiger partial charge in [0.2, 0.25) is 0 Å². The van der Waals surface area contributed by atoms with E-state index in [9.17, 15) is 10.2 Å². The SMILES string of the molecule is C[C@]12CCC(OCCCN)CC1CC[C@@H]1[C@H]2CC[C@]2(C)C(O)(c3ccnnc3)CC[C@@]12O. The van der Waals surface area contributed by atoms with Gasteiger partial charge in [0, 0.05) is 23.8 Å². The summed E-state index contributed by atoms with van der Waals surface area (Å²) in [5.41, 5.74) is 4.26. The van der Waals surface area contributed by atoms with Gasteiger partial charge >= 0.3 is 0 Å². The molecule has 32 heavy (non-hydrogen) atoms. The van der Waals surface area contributed by atoms with Gasteiger partial charge in [0.25, 0.3) is 0 Å². The third-order valence-corrected chi connectivity index (χ3v) is 10.7. The Balaban J connectivity index is 1.39. The van der Waals surface area contributed by atoms with Gasteiger partial charge in [-0.15, -0.1) is 0 Å². The van der Waals surface area contributed by atoms with Gasteiger partial charge < -0.3 is 20.7 Å². The first-order valence-corrected chi connectivity index (χ1v) is 12.8.